The number of nitrogens with one attached hydrogen (secondary N) is 1. The smallest absolute Gasteiger partial charge is 0.128 e. The molecule has 1 aromatic carbocycles. The third-order valence-electron chi connectivity index (χ3n) is 5.03. The van der Waals surface area contributed by atoms with E-state index in [0.717, 1.165) is 13.0 Å². The minimum atomic E-state index is -0.397. The number of likely N-dealkylation sites (N-methyl/N-ethyl adjacent to an activating group) is 1. The van der Waals surface area contributed by atoms with E-state index in [0.29, 0.717) is 11.9 Å². The average molecular weight is 303 g/mol. The molecule has 0 bridgehead atoms. The molecule has 2 aromatic rings. The standard InChI is InChI=1S/C17H19ClN2O/c1-20-10-11(8-18)7-17(21-2)13-4-3-5-14-16(13)12(9-19-14)6-15(17)20/h3-5,7,9,15,19H,6,8,10H2,1-2H3/t15-,17+/m1/s1. The predicted octanol–water partition coefficient (Wildman–Crippen LogP) is 3.04. The van der Waals surface area contributed by atoms with Gasteiger partial charge >= 0.3 is 0 Å². The lowest BCUT2D eigenvalue weighted by molar-refractivity contribution is -0.0497. The molecule has 0 radical (unpaired) electrons. The van der Waals surface area contributed by atoms with E-state index >= 15 is 0 Å². The Morgan fingerprint density at radius 2 is 2.33 bits per heavy atom. The van der Waals surface area contributed by atoms with E-state index in [2.05, 4.69) is 47.4 Å². The molecule has 0 amide bonds. The van der Waals surface area contributed by atoms with Crippen LogP contribution in [0.3, 0.4) is 0 Å². The van der Waals surface area contributed by atoms with Gasteiger partial charge in [0.1, 0.15) is 5.60 Å². The highest BCUT2D eigenvalue weighted by molar-refractivity contribution is 6.19. The van der Waals surface area contributed by atoms with Crippen LogP contribution in [-0.4, -0.2) is 42.5 Å². The van der Waals surface area contributed by atoms with Crippen molar-refractivity contribution in [1.29, 1.82) is 0 Å². The highest BCUT2D eigenvalue weighted by Crippen LogP contribution is 2.46. The number of alkyl halides is 1. The van der Waals surface area contributed by atoms with Gasteiger partial charge in [0.15, 0.2) is 0 Å². The zero-order valence-corrected chi connectivity index (χ0v) is 13.1. The number of aromatic nitrogens is 1. The van der Waals surface area contributed by atoms with Crippen molar-refractivity contribution in [1.82, 2.24) is 9.88 Å². The molecule has 2 atom stereocenters. The van der Waals surface area contributed by atoms with Gasteiger partial charge in [-0.15, -0.1) is 11.6 Å². The second kappa shape index (κ2) is 4.60. The van der Waals surface area contributed by atoms with E-state index < -0.39 is 5.60 Å². The van der Waals surface area contributed by atoms with Gasteiger partial charge < -0.3 is 9.72 Å². The number of nitrogens with zero attached hydrogens (tertiary/aromatic N) is 1. The molecule has 0 fully saturated rings. The number of benzene rings is 1. The zero-order valence-electron chi connectivity index (χ0n) is 12.3. The van der Waals surface area contributed by atoms with Crippen molar-refractivity contribution in [2.24, 2.45) is 0 Å². The molecule has 2 aliphatic rings. The van der Waals surface area contributed by atoms with Crippen LogP contribution < -0.4 is 0 Å². The highest BCUT2D eigenvalue weighted by atomic mass is 35.5. The summed E-state index contributed by atoms with van der Waals surface area (Å²) in [6.45, 7) is 0.912. The SMILES string of the molecule is CO[C@]12C=C(CCl)CN(C)[C@@H]1Cc1c[nH]c3cccc2c13. The number of hydrogen-bond donors (Lipinski definition) is 1. The van der Waals surface area contributed by atoms with Crippen LogP contribution in [0.15, 0.2) is 36.0 Å². The molecule has 1 aliphatic heterocycles. The molecule has 0 unspecified atom stereocenters. The molecule has 0 saturated heterocycles. The van der Waals surface area contributed by atoms with Gasteiger partial charge in [0.25, 0.3) is 0 Å². The van der Waals surface area contributed by atoms with Crippen LogP contribution in [0.25, 0.3) is 10.9 Å². The molecule has 1 aromatic heterocycles. The largest absolute Gasteiger partial charge is 0.368 e. The summed E-state index contributed by atoms with van der Waals surface area (Å²) < 4.78 is 6.11. The number of H-pyrrole nitrogens is 1. The summed E-state index contributed by atoms with van der Waals surface area (Å²) in [5.74, 6) is 0.554. The molecule has 2 heterocycles. The van der Waals surface area contributed by atoms with E-state index in [-0.39, 0.29) is 0 Å². The number of halogens is 1. The van der Waals surface area contributed by atoms with Gasteiger partial charge in [-0.1, -0.05) is 12.1 Å². The molecule has 0 spiro atoms. The third-order valence-corrected chi connectivity index (χ3v) is 5.37. The number of ether oxygens (including phenoxy) is 1. The fourth-order valence-corrected chi connectivity index (χ4v) is 4.27. The normalized spacial score (nSPS) is 28.5. The van der Waals surface area contributed by atoms with E-state index in [1.165, 1.54) is 27.6 Å². The van der Waals surface area contributed by atoms with Gasteiger partial charge in [0.2, 0.25) is 0 Å². The van der Waals surface area contributed by atoms with Gasteiger partial charge in [-0.3, -0.25) is 4.90 Å². The summed E-state index contributed by atoms with van der Waals surface area (Å²) in [6.07, 6.45) is 5.39. The van der Waals surface area contributed by atoms with Crippen molar-refractivity contribution in [3.63, 3.8) is 0 Å². The topological polar surface area (TPSA) is 28.3 Å². The van der Waals surface area contributed by atoms with Gasteiger partial charge in [0, 0.05) is 36.6 Å². The minimum Gasteiger partial charge on any atom is -0.368 e. The van der Waals surface area contributed by atoms with Crippen molar-refractivity contribution in [3.05, 3.63) is 47.2 Å². The molecule has 110 valence electrons. The maximum Gasteiger partial charge on any atom is 0.128 e. The van der Waals surface area contributed by atoms with E-state index in [1.54, 1.807) is 0 Å². The fourth-order valence-electron chi connectivity index (χ4n) is 4.10. The maximum absolute atomic E-state index is 6.12. The molecule has 4 rings (SSSR count). The average Bonchev–Trinajstić information content (AvgIpc) is 2.93. The Hall–Kier alpha value is -1.29. The van der Waals surface area contributed by atoms with Crippen molar-refractivity contribution in [3.8, 4) is 0 Å². The number of fused-ring (bicyclic) bond motifs is 2. The summed E-state index contributed by atoms with van der Waals surface area (Å²) in [5.41, 5.74) is 4.66. The number of rotatable bonds is 2. The summed E-state index contributed by atoms with van der Waals surface area (Å²) >= 11 is 6.12. The van der Waals surface area contributed by atoms with E-state index in [4.69, 9.17) is 16.3 Å². The molecule has 1 N–H and O–H groups in total. The third kappa shape index (κ3) is 1.68. The molecule has 21 heavy (non-hydrogen) atoms. The molecule has 3 nitrogen and oxygen atoms in total. The Labute approximate surface area is 129 Å². The van der Waals surface area contributed by atoms with Crippen LogP contribution in [0, 0.1) is 0 Å². The first-order valence-electron chi connectivity index (χ1n) is 7.31. The lowest BCUT2D eigenvalue weighted by atomic mass is 9.73. The molecule has 1 aliphatic carbocycles. The summed E-state index contributed by atoms with van der Waals surface area (Å²) in [7, 11) is 3.97. The second-order valence-electron chi connectivity index (χ2n) is 6.11. The van der Waals surface area contributed by atoms with Gasteiger partial charge in [-0.2, -0.15) is 0 Å². The van der Waals surface area contributed by atoms with Gasteiger partial charge in [-0.05, 0) is 42.3 Å². The molecular weight excluding hydrogens is 284 g/mol. The highest BCUT2D eigenvalue weighted by Gasteiger charge is 2.48. The first-order chi connectivity index (χ1) is 10.2. The summed E-state index contributed by atoms with van der Waals surface area (Å²) in [4.78, 5) is 5.76. The van der Waals surface area contributed by atoms with Crippen LogP contribution in [-0.2, 0) is 16.8 Å². The van der Waals surface area contributed by atoms with E-state index in [9.17, 15) is 0 Å². The summed E-state index contributed by atoms with van der Waals surface area (Å²) in [5, 5.41) is 1.32. The lowest BCUT2D eigenvalue weighted by Gasteiger charge is -2.49. The quantitative estimate of drug-likeness (QED) is 0.682. The fraction of sp³-hybridized carbons (Fsp3) is 0.412. The second-order valence-corrected chi connectivity index (χ2v) is 6.38. The van der Waals surface area contributed by atoms with Crippen LogP contribution >= 0.6 is 11.6 Å². The zero-order chi connectivity index (χ0) is 14.6. The Kier molecular flexibility index (Phi) is 2.93. The Bertz CT molecular complexity index is 735. The Morgan fingerprint density at radius 1 is 1.48 bits per heavy atom. The number of aromatic amines is 1. The van der Waals surface area contributed by atoms with Crippen LogP contribution in [0.2, 0.25) is 0 Å². The lowest BCUT2D eigenvalue weighted by Crippen LogP contribution is -2.55. The monoisotopic (exact) mass is 302 g/mol. The summed E-state index contributed by atoms with van der Waals surface area (Å²) in [6, 6.07) is 6.73. The van der Waals surface area contributed by atoms with Crippen molar-refractivity contribution in [2.75, 3.05) is 26.6 Å². The van der Waals surface area contributed by atoms with Crippen LogP contribution in [0.5, 0.6) is 0 Å². The van der Waals surface area contributed by atoms with Crippen LogP contribution in [0.1, 0.15) is 11.1 Å². The maximum atomic E-state index is 6.12. The first-order valence-corrected chi connectivity index (χ1v) is 7.84. The number of methoxy groups -OCH3 is 1. The van der Waals surface area contributed by atoms with Crippen LogP contribution in [0.4, 0.5) is 0 Å². The Balaban J connectivity index is 2.04. The van der Waals surface area contributed by atoms with Crippen molar-refractivity contribution in [2.45, 2.75) is 18.1 Å². The first kappa shape index (κ1) is 13.4. The van der Waals surface area contributed by atoms with Crippen molar-refractivity contribution < 1.29 is 4.74 Å². The molecule has 4 heteroatoms. The van der Waals surface area contributed by atoms with E-state index in [1.807, 2.05) is 7.11 Å². The van der Waals surface area contributed by atoms with Crippen molar-refractivity contribution >= 4 is 22.5 Å². The van der Waals surface area contributed by atoms with Gasteiger partial charge in [0.05, 0.1) is 6.04 Å². The number of hydrogen-bond acceptors (Lipinski definition) is 2. The molecular formula is C17H19ClN2O. The minimum absolute atomic E-state index is 0.309. The predicted molar refractivity (Wildman–Crippen MR) is 85.9 cm³/mol. The molecule has 0 saturated carbocycles. The van der Waals surface area contributed by atoms with Gasteiger partial charge in [-0.25, -0.2) is 0 Å². The Morgan fingerprint density at radius 3 is 3.10 bits per heavy atom.